The first-order chi connectivity index (χ1) is 10.6. The Kier molecular flexibility index (Phi) is 8.04. The molecule has 122 valence electrons. The number of carbonyl (C=O) groups excluding carboxylic acids is 2. The lowest BCUT2D eigenvalue weighted by molar-refractivity contribution is -0.119. The Bertz CT molecular complexity index is 485. The molecule has 1 rings (SSSR count). The fraction of sp³-hybridized carbons (Fsp3) is 0.529. The van der Waals surface area contributed by atoms with E-state index >= 15 is 0 Å². The largest absolute Gasteiger partial charge is 0.376 e. The summed E-state index contributed by atoms with van der Waals surface area (Å²) < 4.78 is 0. The lowest BCUT2D eigenvalue weighted by Gasteiger charge is -2.19. The van der Waals surface area contributed by atoms with Crippen LogP contribution in [0.5, 0.6) is 0 Å². The summed E-state index contributed by atoms with van der Waals surface area (Å²) >= 11 is 0. The molecule has 1 aromatic carbocycles. The average Bonchev–Trinajstić information content (AvgIpc) is 2.54. The maximum absolute atomic E-state index is 12.3. The number of unbranched alkanes of at least 4 members (excludes halogenated alkanes) is 1. The molecule has 0 aromatic heterocycles. The minimum atomic E-state index is -0.0334. The summed E-state index contributed by atoms with van der Waals surface area (Å²) in [6, 6.07) is 7.28. The van der Waals surface area contributed by atoms with E-state index in [9.17, 15) is 9.59 Å². The van der Waals surface area contributed by atoms with Gasteiger partial charge >= 0.3 is 0 Å². The lowest BCUT2D eigenvalue weighted by Crippen LogP contribution is -2.31. The minimum absolute atomic E-state index is 0.0149. The minimum Gasteiger partial charge on any atom is -0.376 e. The topological polar surface area (TPSA) is 61.4 Å². The zero-order valence-corrected chi connectivity index (χ0v) is 13.8. The quantitative estimate of drug-likeness (QED) is 0.689. The molecule has 22 heavy (non-hydrogen) atoms. The Morgan fingerprint density at radius 1 is 1.14 bits per heavy atom. The Morgan fingerprint density at radius 2 is 1.86 bits per heavy atom. The van der Waals surface area contributed by atoms with Gasteiger partial charge in [0.2, 0.25) is 5.91 Å². The van der Waals surface area contributed by atoms with Crippen molar-refractivity contribution in [1.29, 1.82) is 0 Å². The van der Waals surface area contributed by atoms with Gasteiger partial charge < -0.3 is 15.5 Å². The fourth-order valence-corrected chi connectivity index (χ4v) is 2.11. The van der Waals surface area contributed by atoms with E-state index < -0.39 is 0 Å². The third kappa shape index (κ3) is 5.76. The van der Waals surface area contributed by atoms with Crippen LogP contribution in [0.1, 0.15) is 44.0 Å². The van der Waals surface area contributed by atoms with Crippen molar-refractivity contribution in [3.63, 3.8) is 0 Å². The molecular formula is C17H27N3O2. The highest BCUT2D eigenvalue weighted by Crippen LogP contribution is 2.12. The highest BCUT2D eigenvalue weighted by molar-refractivity contribution is 5.95. The van der Waals surface area contributed by atoms with E-state index in [0.717, 1.165) is 18.5 Å². The summed E-state index contributed by atoms with van der Waals surface area (Å²) in [6.07, 6.45) is 2.04. The van der Waals surface area contributed by atoms with Crippen molar-refractivity contribution in [2.45, 2.75) is 33.6 Å². The molecule has 0 bridgehead atoms. The first kappa shape index (κ1) is 18.0. The molecule has 0 radical (unpaired) electrons. The number of nitrogens with zero attached hydrogens (tertiary/aromatic N) is 1. The van der Waals surface area contributed by atoms with Crippen LogP contribution in [0, 0.1) is 0 Å². The number of anilines is 1. The van der Waals surface area contributed by atoms with Crippen LogP contribution >= 0.6 is 0 Å². The zero-order chi connectivity index (χ0) is 16.4. The van der Waals surface area contributed by atoms with Crippen LogP contribution in [-0.2, 0) is 4.79 Å². The third-order valence-corrected chi connectivity index (χ3v) is 3.47. The molecule has 0 spiro atoms. The molecule has 0 aliphatic rings. The van der Waals surface area contributed by atoms with Crippen LogP contribution in [0.3, 0.4) is 0 Å². The molecule has 0 aliphatic heterocycles. The Labute approximate surface area is 133 Å². The molecule has 0 saturated heterocycles. The summed E-state index contributed by atoms with van der Waals surface area (Å²) in [5.41, 5.74) is 1.42. The van der Waals surface area contributed by atoms with E-state index in [2.05, 4.69) is 17.6 Å². The van der Waals surface area contributed by atoms with Crippen molar-refractivity contribution in [3.05, 3.63) is 29.8 Å². The molecule has 1 aromatic rings. The third-order valence-electron chi connectivity index (χ3n) is 3.47. The van der Waals surface area contributed by atoms with E-state index in [4.69, 9.17) is 0 Å². The van der Waals surface area contributed by atoms with Crippen molar-refractivity contribution in [1.82, 2.24) is 10.2 Å². The first-order valence-electron chi connectivity index (χ1n) is 8.02. The number of nitrogens with one attached hydrogen (secondary N) is 2. The van der Waals surface area contributed by atoms with Gasteiger partial charge in [0.05, 0.1) is 6.54 Å². The summed E-state index contributed by atoms with van der Waals surface area (Å²) in [5.74, 6) is -0.0185. The second kappa shape index (κ2) is 9.82. The SMILES string of the molecule is CCCCNC(=O)CNc1cccc(C(=O)N(CC)CC)c1. The Hall–Kier alpha value is -2.04. The van der Waals surface area contributed by atoms with Crippen molar-refractivity contribution < 1.29 is 9.59 Å². The van der Waals surface area contributed by atoms with Crippen LogP contribution < -0.4 is 10.6 Å². The van der Waals surface area contributed by atoms with Gasteiger partial charge in [0.25, 0.3) is 5.91 Å². The summed E-state index contributed by atoms with van der Waals surface area (Å²) in [4.78, 5) is 25.7. The molecule has 2 amide bonds. The van der Waals surface area contributed by atoms with Crippen LogP contribution in [0.15, 0.2) is 24.3 Å². The Morgan fingerprint density at radius 3 is 2.50 bits per heavy atom. The molecule has 0 fully saturated rings. The van der Waals surface area contributed by atoms with Crippen molar-refractivity contribution >= 4 is 17.5 Å². The zero-order valence-electron chi connectivity index (χ0n) is 13.8. The van der Waals surface area contributed by atoms with E-state index in [1.807, 2.05) is 26.0 Å². The summed E-state index contributed by atoms with van der Waals surface area (Å²) in [5, 5.41) is 5.91. The van der Waals surface area contributed by atoms with Crippen molar-refractivity contribution in [2.75, 3.05) is 31.5 Å². The maximum Gasteiger partial charge on any atom is 0.253 e. The number of hydrogen-bond donors (Lipinski definition) is 2. The highest BCUT2D eigenvalue weighted by Gasteiger charge is 2.12. The molecule has 0 aliphatic carbocycles. The van der Waals surface area contributed by atoms with Crippen LogP contribution in [0.25, 0.3) is 0 Å². The average molecular weight is 305 g/mol. The second-order valence-corrected chi connectivity index (χ2v) is 5.12. The highest BCUT2D eigenvalue weighted by atomic mass is 16.2. The normalized spacial score (nSPS) is 10.1. The molecule has 5 heteroatoms. The maximum atomic E-state index is 12.3. The lowest BCUT2D eigenvalue weighted by atomic mass is 10.1. The second-order valence-electron chi connectivity index (χ2n) is 5.12. The summed E-state index contributed by atoms with van der Waals surface area (Å²) in [7, 11) is 0. The molecule has 0 heterocycles. The van der Waals surface area contributed by atoms with Gasteiger partial charge in [0.1, 0.15) is 0 Å². The monoisotopic (exact) mass is 305 g/mol. The van der Waals surface area contributed by atoms with Crippen molar-refractivity contribution in [2.24, 2.45) is 0 Å². The Balaban J connectivity index is 2.57. The van der Waals surface area contributed by atoms with Gasteiger partial charge in [0, 0.05) is 30.9 Å². The smallest absolute Gasteiger partial charge is 0.253 e. The predicted molar refractivity (Wildman–Crippen MR) is 90.1 cm³/mol. The van der Waals surface area contributed by atoms with Gasteiger partial charge in [-0.2, -0.15) is 0 Å². The van der Waals surface area contributed by atoms with E-state index in [1.54, 1.807) is 17.0 Å². The van der Waals surface area contributed by atoms with E-state index in [0.29, 0.717) is 25.2 Å². The molecule has 2 N–H and O–H groups in total. The van der Waals surface area contributed by atoms with Gasteiger partial charge in [-0.3, -0.25) is 9.59 Å². The van der Waals surface area contributed by atoms with E-state index in [-0.39, 0.29) is 18.4 Å². The van der Waals surface area contributed by atoms with Crippen LogP contribution in [-0.4, -0.2) is 42.9 Å². The van der Waals surface area contributed by atoms with Gasteiger partial charge in [-0.1, -0.05) is 19.4 Å². The first-order valence-corrected chi connectivity index (χ1v) is 8.02. The summed E-state index contributed by atoms with van der Waals surface area (Å²) in [6.45, 7) is 8.31. The van der Waals surface area contributed by atoms with Gasteiger partial charge in [-0.25, -0.2) is 0 Å². The molecule has 0 atom stereocenters. The van der Waals surface area contributed by atoms with Crippen molar-refractivity contribution in [3.8, 4) is 0 Å². The predicted octanol–water partition coefficient (Wildman–Crippen LogP) is 2.50. The van der Waals surface area contributed by atoms with Crippen LogP contribution in [0.2, 0.25) is 0 Å². The number of carbonyl (C=O) groups is 2. The van der Waals surface area contributed by atoms with Crippen LogP contribution in [0.4, 0.5) is 5.69 Å². The molecular weight excluding hydrogens is 278 g/mol. The standard InChI is InChI=1S/C17H27N3O2/c1-4-7-11-18-16(21)13-19-15-10-8-9-14(12-15)17(22)20(5-2)6-3/h8-10,12,19H,4-7,11,13H2,1-3H3,(H,18,21). The van der Waals surface area contributed by atoms with E-state index in [1.165, 1.54) is 0 Å². The van der Waals surface area contributed by atoms with Gasteiger partial charge in [-0.05, 0) is 38.5 Å². The number of amides is 2. The number of rotatable bonds is 9. The number of benzene rings is 1. The fourth-order valence-electron chi connectivity index (χ4n) is 2.11. The molecule has 0 saturated carbocycles. The molecule has 0 unspecified atom stereocenters. The van der Waals surface area contributed by atoms with Gasteiger partial charge in [-0.15, -0.1) is 0 Å². The molecule has 5 nitrogen and oxygen atoms in total. The van der Waals surface area contributed by atoms with Gasteiger partial charge in [0.15, 0.2) is 0 Å². The number of hydrogen-bond acceptors (Lipinski definition) is 3.